The predicted molar refractivity (Wildman–Crippen MR) is 98.4 cm³/mol. The van der Waals surface area contributed by atoms with Crippen LogP contribution < -0.4 is 5.32 Å². The van der Waals surface area contributed by atoms with Crippen molar-refractivity contribution in [2.45, 2.75) is 51.6 Å². The summed E-state index contributed by atoms with van der Waals surface area (Å²) in [6.07, 6.45) is 9.04. The van der Waals surface area contributed by atoms with E-state index in [1.54, 1.807) is 0 Å². The molecule has 138 valence electrons. The highest BCUT2D eigenvalue weighted by molar-refractivity contribution is 5.74. The zero-order valence-electron chi connectivity index (χ0n) is 15.5. The summed E-state index contributed by atoms with van der Waals surface area (Å²) in [6, 6.07) is 4.24. The number of carbonyl (C=O) groups excluding carboxylic acids is 1. The number of hydrogen-bond donors (Lipinski definition) is 1. The van der Waals surface area contributed by atoms with Crippen LogP contribution in [0.5, 0.6) is 0 Å². The van der Waals surface area contributed by atoms with Crippen LogP contribution in [-0.2, 0) is 11.2 Å². The van der Waals surface area contributed by atoms with Crippen molar-refractivity contribution >= 4 is 6.03 Å². The fraction of sp³-hybridized carbons (Fsp3) is 0.700. The van der Waals surface area contributed by atoms with E-state index in [1.165, 1.54) is 5.56 Å². The molecular formula is C20H31N3O2. The van der Waals surface area contributed by atoms with Crippen molar-refractivity contribution in [3.05, 3.63) is 30.1 Å². The molecule has 0 saturated carbocycles. The molecule has 1 aromatic heterocycles. The summed E-state index contributed by atoms with van der Waals surface area (Å²) in [5.41, 5.74) is 1.24. The van der Waals surface area contributed by atoms with Crippen LogP contribution in [0.2, 0.25) is 0 Å². The molecule has 2 aliphatic rings. The van der Waals surface area contributed by atoms with Crippen LogP contribution in [0.3, 0.4) is 0 Å². The van der Waals surface area contributed by atoms with E-state index in [1.807, 2.05) is 23.4 Å². The lowest BCUT2D eigenvalue weighted by Gasteiger charge is -2.36. The summed E-state index contributed by atoms with van der Waals surface area (Å²) in [5.74, 6) is 1.18. The van der Waals surface area contributed by atoms with Gasteiger partial charge in [0.1, 0.15) is 0 Å². The van der Waals surface area contributed by atoms with E-state index in [0.29, 0.717) is 11.8 Å². The fourth-order valence-corrected chi connectivity index (χ4v) is 4.07. The topological polar surface area (TPSA) is 54.5 Å². The Hall–Kier alpha value is -1.62. The molecule has 1 N–H and O–H groups in total. The van der Waals surface area contributed by atoms with Gasteiger partial charge in [0, 0.05) is 38.6 Å². The fourth-order valence-electron chi connectivity index (χ4n) is 4.07. The molecule has 0 bridgehead atoms. The van der Waals surface area contributed by atoms with Gasteiger partial charge in [0.25, 0.3) is 0 Å². The molecule has 1 unspecified atom stereocenters. The number of hydrogen-bond acceptors (Lipinski definition) is 3. The summed E-state index contributed by atoms with van der Waals surface area (Å²) in [7, 11) is 0. The molecule has 1 atom stereocenters. The molecule has 0 aromatic carbocycles. The lowest BCUT2D eigenvalue weighted by molar-refractivity contribution is -0.0715. The van der Waals surface area contributed by atoms with Crippen molar-refractivity contribution in [3.63, 3.8) is 0 Å². The maximum atomic E-state index is 12.4. The average molecular weight is 345 g/mol. The number of nitrogens with zero attached hydrogens (tertiary/aromatic N) is 2. The third kappa shape index (κ3) is 5.43. The van der Waals surface area contributed by atoms with Gasteiger partial charge in [0.05, 0.1) is 5.60 Å². The van der Waals surface area contributed by atoms with Crippen LogP contribution >= 0.6 is 0 Å². The number of pyridine rings is 1. The second kappa shape index (κ2) is 8.17. The molecule has 2 amide bonds. The molecule has 3 heterocycles. The zero-order chi connectivity index (χ0) is 17.7. The minimum Gasteiger partial charge on any atom is -0.376 e. The lowest BCUT2D eigenvalue weighted by atomic mass is 9.88. The van der Waals surface area contributed by atoms with E-state index < -0.39 is 0 Å². The highest BCUT2D eigenvalue weighted by Crippen LogP contribution is 2.28. The largest absolute Gasteiger partial charge is 0.376 e. The van der Waals surface area contributed by atoms with Crippen molar-refractivity contribution in [2.75, 3.05) is 26.2 Å². The second-order valence-corrected chi connectivity index (χ2v) is 8.15. The van der Waals surface area contributed by atoms with Crippen molar-refractivity contribution < 1.29 is 9.53 Å². The van der Waals surface area contributed by atoms with Gasteiger partial charge in [0.15, 0.2) is 0 Å². The van der Waals surface area contributed by atoms with Gasteiger partial charge in [-0.3, -0.25) is 4.98 Å². The van der Waals surface area contributed by atoms with Crippen molar-refractivity contribution in [3.8, 4) is 0 Å². The highest BCUT2D eigenvalue weighted by Gasteiger charge is 2.29. The van der Waals surface area contributed by atoms with E-state index in [0.717, 1.165) is 58.3 Å². The van der Waals surface area contributed by atoms with Gasteiger partial charge in [-0.25, -0.2) is 4.79 Å². The number of likely N-dealkylation sites (tertiary alicyclic amines) is 1. The van der Waals surface area contributed by atoms with Crippen molar-refractivity contribution in [1.82, 2.24) is 15.2 Å². The molecule has 5 heteroatoms. The van der Waals surface area contributed by atoms with E-state index in [4.69, 9.17) is 4.74 Å². The Labute approximate surface area is 151 Å². The Bertz CT molecular complexity index is 553. The van der Waals surface area contributed by atoms with Gasteiger partial charge in [-0.1, -0.05) is 6.07 Å². The molecule has 0 aliphatic carbocycles. The number of piperidine rings is 1. The number of amides is 2. The standard InChI is InChI=1S/C20H31N3O2/c1-20(2)13-18(7-11-25-20)15-22-19(24)23-9-5-16(6-10-23)12-17-4-3-8-21-14-17/h3-4,8,14,16,18H,5-7,9-13,15H2,1-2H3,(H,22,24). The van der Waals surface area contributed by atoms with Gasteiger partial charge in [-0.15, -0.1) is 0 Å². The summed E-state index contributed by atoms with van der Waals surface area (Å²) in [6.45, 7) is 7.54. The van der Waals surface area contributed by atoms with Crippen LogP contribution in [0.15, 0.2) is 24.5 Å². The number of urea groups is 1. The smallest absolute Gasteiger partial charge is 0.317 e. The normalized spacial score (nSPS) is 24.1. The maximum Gasteiger partial charge on any atom is 0.317 e. The van der Waals surface area contributed by atoms with E-state index >= 15 is 0 Å². The summed E-state index contributed by atoms with van der Waals surface area (Å²) >= 11 is 0. The summed E-state index contributed by atoms with van der Waals surface area (Å²) in [5, 5.41) is 3.15. The zero-order valence-corrected chi connectivity index (χ0v) is 15.5. The number of nitrogens with one attached hydrogen (secondary N) is 1. The predicted octanol–water partition coefficient (Wildman–Crippen LogP) is 3.25. The van der Waals surface area contributed by atoms with Crippen LogP contribution in [0.25, 0.3) is 0 Å². The first-order valence-electron chi connectivity index (χ1n) is 9.57. The molecule has 5 nitrogen and oxygen atoms in total. The maximum absolute atomic E-state index is 12.4. The van der Waals surface area contributed by atoms with E-state index in [-0.39, 0.29) is 11.6 Å². The number of carbonyl (C=O) groups is 1. The monoisotopic (exact) mass is 345 g/mol. The van der Waals surface area contributed by atoms with Gasteiger partial charge in [0.2, 0.25) is 0 Å². The van der Waals surface area contributed by atoms with E-state index in [2.05, 4.69) is 30.2 Å². The molecule has 1 aromatic rings. The Morgan fingerprint density at radius 3 is 2.80 bits per heavy atom. The molecular weight excluding hydrogens is 314 g/mol. The highest BCUT2D eigenvalue weighted by atomic mass is 16.5. The first-order chi connectivity index (χ1) is 12.0. The van der Waals surface area contributed by atoms with Crippen LogP contribution in [0, 0.1) is 11.8 Å². The van der Waals surface area contributed by atoms with Crippen LogP contribution in [-0.4, -0.2) is 47.8 Å². The number of ether oxygens (including phenoxy) is 1. The third-order valence-electron chi connectivity index (χ3n) is 5.49. The Balaban J connectivity index is 1.38. The lowest BCUT2D eigenvalue weighted by Crippen LogP contribution is -2.47. The number of rotatable bonds is 4. The molecule has 2 saturated heterocycles. The van der Waals surface area contributed by atoms with Crippen molar-refractivity contribution in [2.24, 2.45) is 11.8 Å². The second-order valence-electron chi connectivity index (χ2n) is 8.15. The quantitative estimate of drug-likeness (QED) is 0.911. The van der Waals surface area contributed by atoms with Gasteiger partial charge in [-0.05, 0) is 69.4 Å². The first kappa shape index (κ1) is 18.2. The Kier molecular flexibility index (Phi) is 5.94. The number of aromatic nitrogens is 1. The third-order valence-corrected chi connectivity index (χ3v) is 5.49. The van der Waals surface area contributed by atoms with Gasteiger partial charge >= 0.3 is 6.03 Å². The first-order valence-corrected chi connectivity index (χ1v) is 9.57. The Morgan fingerprint density at radius 1 is 1.32 bits per heavy atom. The SMILES string of the molecule is CC1(C)CC(CNC(=O)N2CCC(Cc3cccnc3)CC2)CCO1. The van der Waals surface area contributed by atoms with E-state index in [9.17, 15) is 4.79 Å². The molecule has 0 spiro atoms. The minimum absolute atomic E-state index is 0.0573. The summed E-state index contributed by atoms with van der Waals surface area (Å²) in [4.78, 5) is 18.6. The van der Waals surface area contributed by atoms with Crippen LogP contribution in [0.1, 0.15) is 45.1 Å². The van der Waals surface area contributed by atoms with Gasteiger partial charge in [-0.2, -0.15) is 0 Å². The van der Waals surface area contributed by atoms with Gasteiger partial charge < -0.3 is 15.0 Å². The molecule has 2 fully saturated rings. The molecule has 25 heavy (non-hydrogen) atoms. The Morgan fingerprint density at radius 2 is 2.12 bits per heavy atom. The molecule has 0 radical (unpaired) electrons. The minimum atomic E-state index is -0.0573. The summed E-state index contributed by atoms with van der Waals surface area (Å²) < 4.78 is 5.75. The molecule has 2 aliphatic heterocycles. The average Bonchev–Trinajstić information content (AvgIpc) is 2.60. The molecule has 3 rings (SSSR count). The van der Waals surface area contributed by atoms with Crippen LogP contribution in [0.4, 0.5) is 4.79 Å². The van der Waals surface area contributed by atoms with Crippen molar-refractivity contribution in [1.29, 1.82) is 0 Å².